The van der Waals surface area contributed by atoms with Crippen LogP contribution in [0.25, 0.3) is 0 Å². The lowest BCUT2D eigenvalue weighted by Gasteiger charge is -2.03. The predicted octanol–water partition coefficient (Wildman–Crippen LogP) is 1.39. The van der Waals surface area contributed by atoms with Crippen molar-refractivity contribution < 1.29 is 15.3 Å². The van der Waals surface area contributed by atoms with Gasteiger partial charge in [0, 0.05) is 18.0 Å². The van der Waals surface area contributed by atoms with Gasteiger partial charge in [0.15, 0.2) is 11.5 Å². The molecule has 1 aromatic heterocycles. The summed E-state index contributed by atoms with van der Waals surface area (Å²) in [5, 5.41) is 34.4. The predicted molar refractivity (Wildman–Crippen MR) is 73.0 cm³/mol. The van der Waals surface area contributed by atoms with Gasteiger partial charge in [0.05, 0.1) is 11.9 Å². The van der Waals surface area contributed by atoms with E-state index in [-0.39, 0.29) is 5.75 Å². The van der Waals surface area contributed by atoms with E-state index in [1.807, 2.05) is 12.3 Å². The molecule has 19 heavy (non-hydrogen) atoms. The Labute approximate surface area is 113 Å². The van der Waals surface area contributed by atoms with Gasteiger partial charge in [-0.1, -0.05) is 0 Å². The van der Waals surface area contributed by atoms with Crippen LogP contribution in [0.3, 0.4) is 0 Å². The number of hydrogen-bond acceptors (Lipinski definition) is 6. The molecule has 6 nitrogen and oxygen atoms in total. The third kappa shape index (κ3) is 2.45. The van der Waals surface area contributed by atoms with Crippen LogP contribution < -0.4 is 4.80 Å². The lowest BCUT2D eigenvalue weighted by molar-refractivity contribution is 0.367. The van der Waals surface area contributed by atoms with Crippen molar-refractivity contribution in [3.63, 3.8) is 0 Å². The van der Waals surface area contributed by atoms with Crippen molar-refractivity contribution in [2.45, 2.75) is 6.92 Å². The molecule has 3 N–H and O–H groups in total. The SMILES string of the molecule is C/N=c1\scc(C)n1/N=C/c1ccc(O)c(O)c1O. The summed E-state index contributed by atoms with van der Waals surface area (Å²) in [5.41, 5.74) is 1.21. The molecular weight excluding hydrogens is 266 g/mol. The number of phenolic OH excluding ortho intramolecular Hbond substituents is 3. The fourth-order valence-corrected chi connectivity index (χ4v) is 2.26. The largest absolute Gasteiger partial charge is 0.504 e. The van der Waals surface area contributed by atoms with Crippen molar-refractivity contribution in [1.82, 2.24) is 4.68 Å². The van der Waals surface area contributed by atoms with E-state index < -0.39 is 11.5 Å². The van der Waals surface area contributed by atoms with Crippen molar-refractivity contribution in [3.05, 3.63) is 33.6 Å². The molecule has 2 aromatic rings. The Balaban J connectivity index is 2.44. The summed E-state index contributed by atoms with van der Waals surface area (Å²) in [7, 11) is 1.67. The highest BCUT2D eigenvalue weighted by atomic mass is 32.1. The van der Waals surface area contributed by atoms with Crippen molar-refractivity contribution in [1.29, 1.82) is 0 Å². The second kappa shape index (κ2) is 5.15. The van der Waals surface area contributed by atoms with Gasteiger partial charge in [-0.2, -0.15) is 5.10 Å². The minimum atomic E-state index is -0.559. The maximum absolute atomic E-state index is 9.67. The maximum Gasteiger partial charge on any atom is 0.205 e. The Morgan fingerprint density at radius 3 is 2.63 bits per heavy atom. The fraction of sp³-hybridized carbons (Fsp3) is 0.167. The van der Waals surface area contributed by atoms with Crippen LogP contribution in [0.1, 0.15) is 11.3 Å². The Hall–Kier alpha value is -2.28. The van der Waals surface area contributed by atoms with Gasteiger partial charge in [-0.05, 0) is 19.1 Å². The molecule has 0 amide bonds. The van der Waals surface area contributed by atoms with Crippen molar-refractivity contribution in [2.24, 2.45) is 10.1 Å². The van der Waals surface area contributed by atoms with Gasteiger partial charge in [-0.3, -0.25) is 4.99 Å². The number of aromatic hydroxyl groups is 3. The first-order chi connectivity index (χ1) is 9.04. The molecule has 0 aliphatic rings. The van der Waals surface area contributed by atoms with Crippen LogP contribution >= 0.6 is 11.3 Å². The zero-order chi connectivity index (χ0) is 14.0. The van der Waals surface area contributed by atoms with Gasteiger partial charge in [0.1, 0.15) is 0 Å². The zero-order valence-electron chi connectivity index (χ0n) is 10.4. The minimum Gasteiger partial charge on any atom is -0.504 e. The topological polar surface area (TPSA) is 90.3 Å². The van der Waals surface area contributed by atoms with E-state index in [9.17, 15) is 15.3 Å². The molecule has 7 heteroatoms. The summed E-state index contributed by atoms with van der Waals surface area (Å²) in [5.74, 6) is -1.35. The van der Waals surface area contributed by atoms with Crippen LogP contribution in [0.4, 0.5) is 0 Å². The molecule has 1 aromatic carbocycles. The van der Waals surface area contributed by atoms with Crippen LogP contribution in [-0.4, -0.2) is 33.3 Å². The smallest absolute Gasteiger partial charge is 0.205 e. The quantitative estimate of drug-likeness (QED) is 0.573. The van der Waals surface area contributed by atoms with Crippen LogP contribution in [0.2, 0.25) is 0 Å². The molecule has 0 radical (unpaired) electrons. The van der Waals surface area contributed by atoms with Crippen LogP contribution in [0, 0.1) is 6.92 Å². The van der Waals surface area contributed by atoms with Crippen molar-refractivity contribution in [2.75, 3.05) is 7.05 Å². The second-order valence-electron chi connectivity index (χ2n) is 3.81. The Morgan fingerprint density at radius 1 is 1.21 bits per heavy atom. The zero-order valence-corrected chi connectivity index (χ0v) is 11.2. The molecule has 0 spiro atoms. The first-order valence-corrected chi connectivity index (χ1v) is 6.30. The van der Waals surface area contributed by atoms with Gasteiger partial charge in [-0.15, -0.1) is 11.3 Å². The molecule has 0 aliphatic carbocycles. The number of benzene rings is 1. The summed E-state index contributed by atoms with van der Waals surface area (Å²) in [6.45, 7) is 1.89. The third-order valence-corrected chi connectivity index (χ3v) is 3.54. The minimum absolute atomic E-state index is 0.301. The molecule has 1 heterocycles. The highest BCUT2D eigenvalue weighted by Gasteiger charge is 2.09. The number of hydrogen-bond donors (Lipinski definition) is 3. The highest BCUT2D eigenvalue weighted by molar-refractivity contribution is 7.07. The van der Waals surface area contributed by atoms with Gasteiger partial charge >= 0.3 is 0 Å². The number of aryl methyl sites for hydroxylation is 1. The Bertz CT molecular complexity index is 701. The summed E-state index contributed by atoms with van der Waals surface area (Å²) in [6, 6.07) is 2.74. The van der Waals surface area contributed by atoms with Gasteiger partial charge in [0.25, 0.3) is 0 Å². The summed E-state index contributed by atoms with van der Waals surface area (Å²) < 4.78 is 1.62. The molecule has 0 saturated heterocycles. The molecule has 0 unspecified atom stereocenters. The average Bonchev–Trinajstić information content (AvgIpc) is 2.76. The van der Waals surface area contributed by atoms with Crippen LogP contribution in [0.15, 0.2) is 27.6 Å². The second-order valence-corrected chi connectivity index (χ2v) is 4.65. The van der Waals surface area contributed by atoms with E-state index >= 15 is 0 Å². The van der Waals surface area contributed by atoms with E-state index in [4.69, 9.17) is 0 Å². The number of thiazole rings is 1. The summed E-state index contributed by atoms with van der Waals surface area (Å²) in [4.78, 5) is 4.79. The molecule has 100 valence electrons. The van der Waals surface area contributed by atoms with Gasteiger partial charge in [-0.25, -0.2) is 4.68 Å². The van der Waals surface area contributed by atoms with E-state index in [2.05, 4.69) is 10.1 Å². The number of nitrogens with zero attached hydrogens (tertiary/aromatic N) is 3. The van der Waals surface area contributed by atoms with Gasteiger partial charge in [0.2, 0.25) is 10.6 Å². The van der Waals surface area contributed by atoms with E-state index in [0.29, 0.717) is 5.56 Å². The first-order valence-electron chi connectivity index (χ1n) is 5.42. The Morgan fingerprint density at radius 2 is 1.95 bits per heavy atom. The molecular formula is C12H13N3O3S. The van der Waals surface area contributed by atoms with Crippen LogP contribution in [0.5, 0.6) is 17.2 Å². The van der Waals surface area contributed by atoms with Crippen LogP contribution in [-0.2, 0) is 0 Å². The molecule has 0 atom stereocenters. The van der Waals surface area contributed by atoms with E-state index in [1.165, 1.54) is 29.7 Å². The Kier molecular flexibility index (Phi) is 3.57. The number of phenols is 3. The number of rotatable bonds is 2. The lowest BCUT2D eigenvalue weighted by atomic mass is 10.2. The van der Waals surface area contributed by atoms with Crippen molar-refractivity contribution in [3.8, 4) is 17.2 Å². The average molecular weight is 279 g/mol. The standard InChI is InChI=1S/C12H13N3O3S/c1-7-6-19-12(13-2)15(7)14-5-8-3-4-9(16)11(18)10(8)17/h3-6,16-18H,1-2H3/b13-12-,14-5+. The molecule has 2 rings (SSSR count). The van der Waals surface area contributed by atoms with E-state index in [1.54, 1.807) is 11.7 Å². The summed E-state index contributed by atoms with van der Waals surface area (Å²) in [6.07, 6.45) is 1.39. The molecule has 0 saturated carbocycles. The normalized spacial score (nSPS) is 12.4. The lowest BCUT2D eigenvalue weighted by Crippen LogP contribution is -2.11. The summed E-state index contributed by atoms with van der Waals surface area (Å²) >= 11 is 1.45. The monoisotopic (exact) mass is 279 g/mol. The maximum atomic E-state index is 9.67. The highest BCUT2D eigenvalue weighted by Crippen LogP contribution is 2.36. The molecule has 0 bridgehead atoms. The fourth-order valence-electron chi connectivity index (χ4n) is 1.49. The first kappa shape index (κ1) is 13.2. The molecule has 0 fully saturated rings. The third-order valence-electron chi connectivity index (χ3n) is 2.51. The van der Waals surface area contributed by atoms with Gasteiger partial charge < -0.3 is 15.3 Å². The van der Waals surface area contributed by atoms with Crippen molar-refractivity contribution >= 4 is 17.6 Å². The number of aromatic nitrogens is 1. The van der Waals surface area contributed by atoms with E-state index in [0.717, 1.165) is 10.5 Å². The molecule has 0 aliphatic heterocycles.